The lowest BCUT2D eigenvalue weighted by Crippen LogP contribution is -2.19. The number of hydrogen-bond donors (Lipinski definition) is 2. The van der Waals surface area contributed by atoms with Gasteiger partial charge in [-0.3, -0.25) is 4.79 Å². The van der Waals surface area contributed by atoms with Gasteiger partial charge in [0, 0.05) is 11.3 Å². The number of nitrogens with two attached hydrogens (primary N) is 2. The quantitative estimate of drug-likeness (QED) is 0.710. The standard InChI is InChI=1S/C10H9FN2O2/c11-8-2-1-6(10(13)14)7-3-5(12)4-15-9(7)8/h1-3H,4,12H2,(H2,13,14). The van der Waals surface area contributed by atoms with Gasteiger partial charge in [-0.05, 0) is 18.2 Å². The van der Waals surface area contributed by atoms with Crippen molar-refractivity contribution in [2.24, 2.45) is 11.5 Å². The lowest BCUT2D eigenvalue weighted by atomic mass is 10.0. The number of halogens is 1. The zero-order chi connectivity index (χ0) is 11.0. The van der Waals surface area contributed by atoms with E-state index in [0.717, 1.165) is 6.07 Å². The van der Waals surface area contributed by atoms with E-state index < -0.39 is 11.7 Å². The minimum atomic E-state index is -0.638. The molecule has 1 aromatic carbocycles. The third-order valence-corrected chi connectivity index (χ3v) is 2.13. The molecule has 0 bridgehead atoms. The molecule has 2 rings (SSSR count). The normalized spacial score (nSPS) is 13.8. The zero-order valence-corrected chi connectivity index (χ0v) is 7.79. The van der Waals surface area contributed by atoms with Gasteiger partial charge in [-0.1, -0.05) is 0 Å². The number of hydrogen-bond acceptors (Lipinski definition) is 3. The van der Waals surface area contributed by atoms with Crippen molar-refractivity contribution in [1.29, 1.82) is 0 Å². The van der Waals surface area contributed by atoms with E-state index in [1.54, 1.807) is 0 Å². The van der Waals surface area contributed by atoms with Crippen molar-refractivity contribution in [3.8, 4) is 5.75 Å². The number of primary amides is 1. The highest BCUT2D eigenvalue weighted by Crippen LogP contribution is 2.30. The molecule has 1 heterocycles. The molecule has 78 valence electrons. The fraction of sp³-hybridized carbons (Fsp3) is 0.100. The summed E-state index contributed by atoms with van der Waals surface area (Å²) in [5.41, 5.74) is 11.6. The SMILES string of the molecule is NC(=O)c1ccc(F)c2c1C=C(N)CO2. The molecule has 1 amide bonds. The second-order valence-electron chi connectivity index (χ2n) is 3.21. The first kappa shape index (κ1) is 9.51. The number of rotatable bonds is 1. The summed E-state index contributed by atoms with van der Waals surface area (Å²) in [6.07, 6.45) is 1.50. The molecule has 5 heteroatoms. The molecule has 15 heavy (non-hydrogen) atoms. The van der Waals surface area contributed by atoms with E-state index in [9.17, 15) is 9.18 Å². The predicted molar refractivity (Wildman–Crippen MR) is 52.6 cm³/mol. The number of benzene rings is 1. The van der Waals surface area contributed by atoms with Gasteiger partial charge >= 0.3 is 0 Å². The second-order valence-corrected chi connectivity index (χ2v) is 3.21. The van der Waals surface area contributed by atoms with Gasteiger partial charge in [0.25, 0.3) is 0 Å². The van der Waals surface area contributed by atoms with Crippen molar-refractivity contribution in [3.63, 3.8) is 0 Å². The molecule has 0 spiro atoms. The summed E-state index contributed by atoms with van der Waals surface area (Å²) in [7, 11) is 0. The van der Waals surface area contributed by atoms with Crippen LogP contribution in [0.3, 0.4) is 0 Å². The Hall–Kier alpha value is -2.04. The maximum atomic E-state index is 13.3. The molecule has 1 aliphatic rings. The van der Waals surface area contributed by atoms with Gasteiger partial charge in [0.1, 0.15) is 6.61 Å². The summed E-state index contributed by atoms with van der Waals surface area (Å²) < 4.78 is 18.4. The van der Waals surface area contributed by atoms with Crippen LogP contribution >= 0.6 is 0 Å². The van der Waals surface area contributed by atoms with Crippen LogP contribution in [0.25, 0.3) is 6.08 Å². The van der Waals surface area contributed by atoms with Gasteiger partial charge in [-0.25, -0.2) is 4.39 Å². The summed E-state index contributed by atoms with van der Waals surface area (Å²) >= 11 is 0. The fourth-order valence-electron chi connectivity index (χ4n) is 1.46. The summed E-state index contributed by atoms with van der Waals surface area (Å²) in [5, 5.41) is 0. The van der Waals surface area contributed by atoms with Crippen LogP contribution in [-0.4, -0.2) is 12.5 Å². The Balaban J connectivity index is 2.68. The highest BCUT2D eigenvalue weighted by atomic mass is 19.1. The lowest BCUT2D eigenvalue weighted by molar-refractivity contribution is 0.0999. The molecule has 1 aliphatic heterocycles. The van der Waals surface area contributed by atoms with Crippen molar-refractivity contribution in [2.45, 2.75) is 0 Å². The van der Waals surface area contributed by atoms with Gasteiger partial charge in [-0.15, -0.1) is 0 Å². The van der Waals surface area contributed by atoms with Gasteiger partial charge in [-0.2, -0.15) is 0 Å². The topological polar surface area (TPSA) is 78.3 Å². The van der Waals surface area contributed by atoms with E-state index >= 15 is 0 Å². The Labute approximate surface area is 85.3 Å². The summed E-state index contributed by atoms with van der Waals surface area (Å²) in [5.74, 6) is -1.14. The maximum absolute atomic E-state index is 13.3. The molecule has 0 radical (unpaired) electrons. The average molecular weight is 208 g/mol. The van der Waals surface area contributed by atoms with E-state index in [2.05, 4.69) is 0 Å². The van der Waals surface area contributed by atoms with Crippen LogP contribution < -0.4 is 16.2 Å². The summed E-state index contributed by atoms with van der Waals surface area (Å²) in [6, 6.07) is 2.46. The van der Waals surface area contributed by atoms with Gasteiger partial charge in [0.15, 0.2) is 11.6 Å². The summed E-state index contributed by atoms with van der Waals surface area (Å²) in [4.78, 5) is 11.1. The largest absolute Gasteiger partial charge is 0.484 e. The number of carbonyl (C=O) groups is 1. The number of amides is 1. The molecule has 0 atom stereocenters. The van der Waals surface area contributed by atoms with Crippen molar-refractivity contribution >= 4 is 12.0 Å². The molecule has 0 saturated carbocycles. The Kier molecular flexibility index (Phi) is 2.07. The first-order valence-corrected chi connectivity index (χ1v) is 4.30. The second kappa shape index (κ2) is 3.27. The van der Waals surface area contributed by atoms with Gasteiger partial charge < -0.3 is 16.2 Å². The lowest BCUT2D eigenvalue weighted by Gasteiger charge is -2.17. The Morgan fingerprint density at radius 2 is 2.20 bits per heavy atom. The van der Waals surface area contributed by atoms with Crippen LogP contribution in [0.2, 0.25) is 0 Å². The third kappa shape index (κ3) is 1.52. The minimum absolute atomic E-state index is 0.0282. The van der Waals surface area contributed by atoms with Crippen LogP contribution in [0.1, 0.15) is 15.9 Å². The minimum Gasteiger partial charge on any atom is -0.484 e. The van der Waals surface area contributed by atoms with Crippen molar-refractivity contribution in [2.75, 3.05) is 6.61 Å². The van der Waals surface area contributed by atoms with E-state index in [-0.39, 0.29) is 17.9 Å². The van der Waals surface area contributed by atoms with Gasteiger partial charge in [0.2, 0.25) is 5.91 Å². The molecule has 4 nitrogen and oxygen atoms in total. The third-order valence-electron chi connectivity index (χ3n) is 2.13. The Bertz CT molecular complexity index is 469. The molecule has 0 fully saturated rings. The fourth-order valence-corrected chi connectivity index (χ4v) is 1.46. The summed E-state index contributed by atoms with van der Waals surface area (Å²) in [6.45, 7) is 0.117. The van der Waals surface area contributed by atoms with Crippen LogP contribution in [0, 0.1) is 5.82 Å². The van der Waals surface area contributed by atoms with E-state index in [1.807, 2.05) is 0 Å². The Morgan fingerprint density at radius 1 is 1.47 bits per heavy atom. The van der Waals surface area contributed by atoms with E-state index in [0.29, 0.717) is 11.3 Å². The molecule has 0 aliphatic carbocycles. The van der Waals surface area contributed by atoms with Crippen molar-refractivity contribution in [3.05, 3.63) is 34.8 Å². The zero-order valence-electron chi connectivity index (χ0n) is 7.79. The maximum Gasteiger partial charge on any atom is 0.249 e. The molecule has 0 unspecified atom stereocenters. The smallest absolute Gasteiger partial charge is 0.249 e. The van der Waals surface area contributed by atoms with Crippen LogP contribution in [0.15, 0.2) is 17.8 Å². The average Bonchev–Trinajstić information content (AvgIpc) is 2.17. The molecule has 4 N–H and O–H groups in total. The number of ether oxygens (including phenoxy) is 1. The number of fused-ring (bicyclic) bond motifs is 1. The highest BCUT2D eigenvalue weighted by molar-refractivity contribution is 5.98. The molecule has 0 saturated heterocycles. The highest BCUT2D eigenvalue weighted by Gasteiger charge is 2.20. The van der Waals surface area contributed by atoms with E-state index in [1.165, 1.54) is 12.1 Å². The number of carbonyl (C=O) groups excluding carboxylic acids is 1. The molecular formula is C10H9FN2O2. The van der Waals surface area contributed by atoms with Crippen LogP contribution in [0.4, 0.5) is 4.39 Å². The van der Waals surface area contributed by atoms with Gasteiger partial charge in [0.05, 0.1) is 5.56 Å². The van der Waals surface area contributed by atoms with Crippen molar-refractivity contribution < 1.29 is 13.9 Å². The first-order valence-electron chi connectivity index (χ1n) is 4.30. The van der Waals surface area contributed by atoms with E-state index in [4.69, 9.17) is 16.2 Å². The van der Waals surface area contributed by atoms with Crippen LogP contribution in [0.5, 0.6) is 5.75 Å². The molecule has 0 aromatic heterocycles. The van der Waals surface area contributed by atoms with Crippen LogP contribution in [-0.2, 0) is 0 Å². The monoisotopic (exact) mass is 208 g/mol. The Morgan fingerprint density at radius 3 is 2.87 bits per heavy atom. The predicted octanol–water partition coefficient (Wildman–Crippen LogP) is 0.617. The molecule has 1 aromatic rings. The van der Waals surface area contributed by atoms with Crippen molar-refractivity contribution in [1.82, 2.24) is 0 Å². The first-order chi connectivity index (χ1) is 7.09. The molecular weight excluding hydrogens is 199 g/mol.